The summed E-state index contributed by atoms with van der Waals surface area (Å²) in [6.45, 7) is 6.09. The minimum absolute atomic E-state index is 0.230. The Morgan fingerprint density at radius 1 is 1.44 bits per heavy atom. The van der Waals surface area contributed by atoms with Gasteiger partial charge in [-0.05, 0) is 38.5 Å². The molecule has 0 aromatic heterocycles. The van der Waals surface area contributed by atoms with Crippen LogP contribution >= 0.6 is 11.6 Å². The summed E-state index contributed by atoms with van der Waals surface area (Å²) in [5.74, 6) is -0.230. The predicted octanol–water partition coefficient (Wildman–Crippen LogP) is 3.87. The number of benzene rings is 1. The Labute approximate surface area is 113 Å². The van der Waals surface area contributed by atoms with E-state index in [9.17, 15) is 4.79 Å². The largest absolute Gasteiger partial charge is 0.464 e. The lowest BCUT2D eigenvalue weighted by Crippen LogP contribution is -2.44. The molecule has 1 N–H and O–H groups in total. The third kappa shape index (κ3) is 3.91. The van der Waals surface area contributed by atoms with Crippen molar-refractivity contribution in [1.29, 1.82) is 0 Å². The van der Waals surface area contributed by atoms with Gasteiger partial charge in [-0.15, -0.1) is 0 Å². The highest BCUT2D eigenvalue weighted by molar-refractivity contribution is 6.30. The van der Waals surface area contributed by atoms with Crippen molar-refractivity contribution in [2.24, 2.45) is 0 Å². The molecule has 0 bridgehead atoms. The first-order valence-corrected chi connectivity index (χ1v) is 6.60. The lowest BCUT2D eigenvalue weighted by molar-refractivity contribution is -0.148. The predicted molar refractivity (Wildman–Crippen MR) is 75.0 cm³/mol. The average molecular weight is 270 g/mol. The molecule has 1 atom stereocenters. The van der Waals surface area contributed by atoms with Crippen molar-refractivity contribution in [2.45, 2.75) is 39.2 Å². The van der Waals surface area contributed by atoms with E-state index in [0.717, 1.165) is 12.1 Å². The van der Waals surface area contributed by atoms with Gasteiger partial charge in [-0.25, -0.2) is 4.79 Å². The molecule has 0 spiro atoms. The summed E-state index contributed by atoms with van der Waals surface area (Å²) in [6.07, 6.45) is 1.60. The summed E-state index contributed by atoms with van der Waals surface area (Å²) >= 11 is 5.94. The van der Waals surface area contributed by atoms with Gasteiger partial charge in [0.05, 0.1) is 6.61 Å². The third-order valence-electron chi connectivity index (χ3n) is 2.72. The molecule has 0 saturated carbocycles. The first kappa shape index (κ1) is 14.8. The van der Waals surface area contributed by atoms with Crippen LogP contribution in [0.5, 0.6) is 0 Å². The lowest BCUT2D eigenvalue weighted by Gasteiger charge is -2.29. The fourth-order valence-electron chi connectivity index (χ4n) is 1.89. The number of rotatable bonds is 6. The molecule has 0 aliphatic heterocycles. The molecule has 1 aromatic carbocycles. The number of halogens is 1. The van der Waals surface area contributed by atoms with Gasteiger partial charge in [0.25, 0.3) is 0 Å². The average Bonchev–Trinajstić information content (AvgIpc) is 2.29. The monoisotopic (exact) mass is 269 g/mol. The molecular formula is C14H20ClNO2. The van der Waals surface area contributed by atoms with Gasteiger partial charge < -0.3 is 10.1 Å². The number of nitrogens with one attached hydrogen (secondary N) is 1. The first-order valence-electron chi connectivity index (χ1n) is 6.23. The Bertz CT molecular complexity index is 409. The van der Waals surface area contributed by atoms with Crippen LogP contribution in [-0.2, 0) is 9.53 Å². The number of hydrogen-bond donors (Lipinski definition) is 1. The molecule has 1 aromatic rings. The van der Waals surface area contributed by atoms with Crippen LogP contribution in [0.2, 0.25) is 5.02 Å². The molecule has 0 amide bonds. The normalized spacial score (nSPS) is 13.8. The lowest BCUT2D eigenvalue weighted by atomic mass is 9.95. The Morgan fingerprint density at radius 3 is 2.72 bits per heavy atom. The second kappa shape index (κ2) is 6.64. The van der Waals surface area contributed by atoms with Gasteiger partial charge in [0.15, 0.2) is 0 Å². The number of hydrogen-bond acceptors (Lipinski definition) is 3. The summed E-state index contributed by atoms with van der Waals surface area (Å²) in [5, 5.41) is 3.86. The first-order chi connectivity index (χ1) is 8.51. The van der Waals surface area contributed by atoms with Gasteiger partial charge in [0, 0.05) is 10.7 Å². The van der Waals surface area contributed by atoms with Crippen molar-refractivity contribution in [2.75, 3.05) is 11.9 Å². The molecule has 0 fully saturated rings. The van der Waals surface area contributed by atoms with Crippen LogP contribution in [0.4, 0.5) is 5.69 Å². The van der Waals surface area contributed by atoms with Crippen LogP contribution in [0.1, 0.15) is 33.6 Å². The fraction of sp³-hybridized carbons (Fsp3) is 0.500. The van der Waals surface area contributed by atoms with E-state index in [0.29, 0.717) is 18.1 Å². The van der Waals surface area contributed by atoms with Crippen LogP contribution < -0.4 is 5.32 Å². The molecule has 0 heterocycles. The number of esters is 1. The summed E-state index contributed by atoms with van der Waals surface area (Å²) < 4.78 is 5.13. The zero-order valence-electron chi connectivity index (χ0n) is 11.1. The third-order valence-corrected chi connectivity index (χ3v) is 2.96. The SMILES string of the molecule is CCCC(C)(Nc1cccc(Cl)c1)C(=O)OCC. The Morgan fingerprint density at radius 2 is 2.17 bits per heavy atom. The highest BCUT2D eigenvalue weighted by Gasteiger charge is 2.33. The molecular weight excluding hydrogens is 250 g/mol. The summed E-state index contributed by atoms with van der Waals surface area (Å²) in [4.78, 5) is 12.0. The zero-order valence-corrected chi connectivity index (χ0v) is 11.9. The van der Waals surface area contributed by atoms with Crippen molar-refractivity contribution in [3.8, 4) is 0 Å². The molecule has 0 aliphatic carbocycles. The van der Waals surface area contributed by atoms with Crippen molar-refractivity contribution >= 4 is 23.3 Å². The van der Waals surface area contributed by atoms with Gasteiger partial charge in [0.2, 0.25) is 0 Å². The minimum atomic E-state index is -0.713. The van der Waals surface area contributed by atoms with Crippen molar-refractivity contribution in [1.82, 2.24) is 0 Å². The molecule has 4 heteroatoms. The smallest absolute Gasteiger partial charge is 0.331 e. The van der Waals surface area contributed by atoms with E-state index in [1.807, 2.05) is 32.9 Å². The van der Waals surface area contributed by atoms with Crippen molar-refractivity contribution < 1.29 is 9.53 Å². The van der Waals surface area contributed by atoms with E-state index >= 15 is 0 Å². The number of carbonyl (C=O) groups excluding carboxylic acids is 1. The summed E-state index contributed by atoms with van der Waals surface area (Å²) in [7, 11) is 0. The molecule has 0 saturated heterocycles. The molecule has 1 rings (SSSR count). The Kier molecular flexibility index (Phi) is 5.48. The van der Waals surface area contributed by atoms with Crippen LogP contribution in [0.25, 0.3) is 0 Å². The highest BCUT2D eigenvalue weighted by Crippen LogP contribution is 2.23. The zero-order chi connectivity index (χ0) is 13.6. The second-order valence-corrected chi connectivity index (χ2v) is 4.87. The van der Waals surface area contributed by atoms with Crippen LogP contribution in [0, 0.1) is 0 Å². The topological polar surface area (TPSA) is 38.3 Å². The number of anilines is 1. The Balaban J connectivity index is 2.88. The molecule has 0 radical (unpaired) electrons. The molecule has 18 heavy (non-hydrogen) atoms. The standard InChI is InChI=1S/C14H20ClNO2/c1-4-9-14(3,13(17)18-5-2)16-12-8-6-7-11(15)10-12/h6-8,10,16H,4-5,9H2,1-3H3. The van der Waals surface area contributed by atoms with E-state index in [4.69, 9.17) is 16.3 Å². The fourth-order valence-corrected chi connectivity index (χ4v) is 2.08. The summed E-state index contributed by atoms with van der Waals surface area (Å²) in [6, 6.07) is 7.34. The van der Waals surface area contributed by atoms with E-state index in [-0.39, 0.29) is 5.97 Å². The molecule has 3 nitrogen and oxygen atoms in total. The van der Waals surface area contributed by atoms with E-state index in [2.05, 4.69) is 5.32 Å². The number of carbonyl (C=O) groups is 1. The maximum absolute atomic E-state index is 12.0. The quantitative estimate of drug-likeness (QED) is 0.797. The van der Waals surface area contributed by atoms with Crippen molar-refractivity contribution in [3.05, 3.63) is 29.3 Å². The van der Waals surface area contributed by atoms with Crippen LogP contribution in [0.15, 0.2) is 24.3 Å². The van der Waals surface area contributed by atoms with E-state index in [1.54, 1.807) is 12.1 Å². The number of ether oxygens (including phenoxy) is 1. The summed E-state index contributed by atoms with van der Waals surface area (Å²) in [5.41, 5.74) is 0.113. The molecule has 1 unspecified atom stereocenters. The molecule has 100 valence electrons. The van der Waals surface area contributed by atoms with Gasteiger partial charge in [-0.1, -0.05) is 31.0 Å². The maximum Gasteiger partial charge on any atom is 0.331 e. The van der Waals surface area contributed by atoms with E-state index < -0.39 is 5.54 Å². The van der Waals surface area contributed by atoms with Gasteiger partial charge >= 0.3 is 5.97 Å². The van der Waals surface area contributed by atoms with Crippen LogP contribution in [0.3, 0.4) is 0 Å². The van der Waals surface area contributed by atoms with E-state index in [1.165, 1.54) is 0 Å². The minimum Gasteiger partial charge on any atom is -0.464 e. The Hall–Kier alpha value is -1.22. The van der Waals surface area contributed by atoms with Gasteiger partial charge in [-0.3, -0.25) is 0 Å². The second-order valence-electron chi connectivity index (χ2n) is 4.44. The van der Waals surface area contributed by atoms with Gasteiger partial charge in [0.1, 0.15) is 5.54 Å². The van der Waals surface area contributed by atoms with Crippen molar-refractivity contribution in [3.63, 3.8) is 0 Å². The maximum atomic E-state index is 12.0. The van der Waals surface area contributed by atoms with Crippen LogP contribution in [-0.4, -0.2) is 18.1 Å². The molecule has 0 aliphatic rings. The van der Waals surface area contributed by atoms with Gasteiger partial charge in [-0.2, -0.15) is 0 Å². The highest BCUT2D eigenvalue weighted by atomic mass is 35.5.